The Kier molecular flexibility index (Phi) is 4.83. The highest BCUT2D eigenvalue weighted by molar-refractivity contribution is 4.87. The lowest BCUT2D eigenvalue weighted by Gasteiger charge is -2.34. The molecular formula is C14H29N3. The first-order chi connectivity index (χ1) is 8.19. The molecule has 2 aliphatic rings. The standard InChI is InChI=1S/C14H29N3/c1-3-12(2)10-16-7-6-14(11-16)17-8-4-13(15)5-9-17/h12-14H,3-11,15H2,1-2H3. The average molecular weight is 239 g/mol. The van der Waals surface area contributed by atoms with Crippen molar-refractivity contribution >= 4 is 0 Å². The van der Waals surface area contributed by atoms with Crippen LogP contribution in [0.3, 0.4) is 0 Å². The second-order valence-corrected chi connectivity index (χ2v) is 6.09. The Morgan fingerprint density at radius 3 is 2.53 bits per heavy atom. The molecule has 2 unspecified atom stereocenters. The van der Waals surface area contributed by atoms with Crippen molar-refractivity contribution in [2.75, 3.05) is 32.7 Å². The summed E-state index contributed by atoms with van der Waals surface area (Å²) in [4.78, 5) is 5.34. The number of piperidine rings is 1. The molecule has 0 radical (unpaired) electrons. The molecule has 2 rings (SSSR count). The lowest BCUT2D eigenvalue weighted by atomic mass is 10.0. The Balaban J connectivity index is 1.74. The highest BCUT2D eigenvalue weighted by Crippen LogP contribution is 2.21. The molecule has 3 nitrogen and oxygen atoms in total. The molecule has 2 atom stereocenters. The van der Waals surface area contributed by atoms with Gasteiger partial charge in [0.05, 0.1) is 0 Å². The van der Waals surface area contributed by atoms with E-state index in [1.165, 1.54) is 58.4 Å². The summed E-state index contributed by atoms with van der Waals surface area (Å²) in [5.41, 5.74) is 5.97. The van der Waals surface area contributed by atoms with Crippen molar-refractivity contribution in [2.45, 2.75) is 51.6 Å². The van der Waals surface area contributed by atoms with Crippen LogP contribution in [0.15, 0.2) is 0 Å². The normalized spacial score (nSPS) is 30.9. The van der Waals surface area contributed by atoms with Crippen LogP contribution in [-0.2, 0) is 0 Å². The predicted octanol–water partition coefficient (Wildman–Crippen LogP) is 1.53. The lowest BCUT2D eigenvalue weighted by Crippen LogP contribution is -2.46. The number of rotatable bonds is 4. The molecule has 2 saturated heterocycles. The number of nitrogens with zero attached hydrogens (tertiary/aromatic N) is 2. The van der Waals surface area contributed by atoms with Crippen molar-refractivity contribution < 1.29 is 0 Å². The topological polar surface area (TPSA) is 32.5 Å². The van der Waals surface area contributed by atoms with E-state index in [1.807, 2.05) is 0 Å². The fourth-order valence-electron chi connectivity index (χ4n) is 3.13. The van der Waals surface area contributed by atoms with Crippen LogP contribution >= 0.6 is 0 Å². The number of nitrogens with two attached hydrogens (primary N) is 1. The summed E-state index contributed by atoms with van der Waals surface area (Å²) < 4.78 is 0. The Labute approximate surface area is 106 Å². The van der Waals surface area contributed by atoms with E-state index < -0.39 is 0 Å². The number of hydrogen-bond acceptors (Lipinski definition) is 3. The van der Waals surface area contributed by atoms with Gasteiger partial charge in [-0.3, -0.25) is 4.90 Å². The summed E-state index contributed by atoms with van der Waals surface area (Å²) >= 11 is 0. The summed E-state index contributed by atoms with van der Waals surface area (Å²) in [7, 11) is 0. The van der Waals surface area contributed by atoms with Crippen LogP contribution in [0.5, 0.6) is 0 Å². The average Bonchev–Trinajstić information content (AvgIpc) is 2.78. The van der Waals surface area contributed by atoms with Crippen LogP contribution in [-0.4, -0.2) is 54.6 Å². The van der Waals surface area contributed by atoms with Gasteiger partial charge in [0.2, 0.25) is 0 Å². The zero-order chi connectivity index (χ0) is 12.3. The maximum absolute atomic E-state index is 5.97. The van der Waals surface area contributed by atoms with Gasteiger partial charge in [0.15, 0.2) is 0 Å². The van der Waals surface area contributed by atoms with Gasteiger partial charge < -0.3 is 10.6 Å². The Morgan fingerprint density at radius 2 is 1.88 bits per heavy atom. The van der Waals surface area contributed by atoms with Crippen LogP contribution < -0.4 is 5.73 Å². The van der Waals surface area contributed by atoms with E-state index in [-0.39, 0.29) is 0 Å². The SMILES string of the molecule is CCC(C)CN1CCC(N2CCC(N)CC2)C1. The minimum atomic E-state index is 0.462. The fraction of sp³-hybridized carbons (Fsp3) is 1.00. The number of likely N-dealkylation sites (tertiary alicyclic amines) is 2. The minimum absolute atomic E-state index is 0.462. The molecule has 2 aliphatic heterocycles. The van der Waals surface area contributed by atoms with Crippen molar-refractivity contribution in [3.05, 3.63) is 0 Å². The van der Waals surface area contributed by atoms with Crippen molar-refractivity contribution in [2.24, 2.45) is 11.7 Å². The predicted molar refractivity (Wildman–Crippen MR) is 73.1 cm³/mol. The molecule has 0 amide bonds. The van der Waals surface area contributed by atoms with Gasteiger partial charge in [-0.05, 0) is 44.8 Å². The van der Waals surface area contributed by atoms with E-state index >= 15 is 0 Å². The monoisotopic (exact) mass is 239 g/mol. The van der Waals surface area contributed by atoms with E-state index in [0.717, 1.165) is 12.0 Å². The van der Waals surface area contributed by atoms with Gasteiger partial charge in [-0.2, -0.15) is 0 Å². The zero-order valence-electron chi connectivity index (χ0n) is 11.6. The van der Waals surface area contributed by atoms with Crippen molar-refractivity contribution in [3.8, 4) is 0 Å². The van der Waals surface area contributed by atoms with E-state index in [2.05, 4.69) is 23.6 Å². The highest BCUT2D eigenvalue weighted by atomic mass is 15.3. The summed E-state index contributed by atoms with van der Waals surface area (Å²) in [5.74, 6) is 0.850. The summed E-state index contributed by atoms with van der Waals surface area (Å²) in [6, 6.07) is 1.27. The van der Waals surface area contributed by atoms with Crippen molar-refractivity contribution in [1.82, 2.24) is 9.80 Å². The third kappa shape index (κ3) is 3.67. The molecule has 0 spiro atoms. The largest absolute Gasteiger partial charge is 0.328 e. The van der Waals surface area contributed by atoms with Gasteiger partial charge in [0, 0.05) is 25.2 Å². The third-order valence-corrected chi connectivity index (χ3v) is 4.60. The molecule has 3 heteroatoms. The Bertz CT molecular complexity index is 224. The molecule has 0 saturated carbocycles. The van der Waals surface area contributed by atoms with Gasteiger partial charge in [-0.1, -0.05) is 20.3 Å². The van der Waals surface area contributed by atoms with E-state index in [4.69, 9.17) is 5.73 Å². The molecular weight excluding hydrogens is 210 g/mol. The van der Waals surface area contributed by atoms with Crippen LogP contribution in [0, 0.1) is 5.92 Å². The summed E-state index contributed by atoms with van der Waals surface area (Å²) in [6.45, 7) is 11.0. The second-order valence-electron chi connectivity index (χ2n) is 6.09. The van der Waals surface area contributed by atoms with Gasteiger partial charge >= 0.3 is 0 Å². The van der Waals surface area contributed by atoms with Crippen molar-refractivity contribution in [3.63, 3.8) is 0 Å². The zero-order valence-corrected chi connectivity index (χ0v) is 11.6. The van der Waals surface area contributed by atoms with E-state index in [1.54, 1.807) is 0 Å². The van der Waals surface area contributed by atoms with E-state index in [9.17, 15) is 0 Å². The molecule has 100 valence electrons. The molecule has 0 aromatic heterocycles. The Hall–Kier alpha value is -0.120. The smallest absolute Gasteiger partial charge is 0.0235 e. The molecule has 0 aromatic carbocycles. The van der Waals surface area contributed by atoms with Gasteiger partial charge in [0.25, 0.3) is 0 Å². The molecule has 2 heterocycles. The molecule has 2 N–H and O–H groups in total. The third-order valence-electron chi connectivity index (χ3n) is 4.60. The van der Waals surface area contributed by atoms with Crippen molar-refractivity contribution in [1.29, 1.82) is 0 Å². The molecule has 0 aliphatic carbocycles. The summed E-state index contributed by atoms with van der Waals surface area (Å²) in [5, 5.41) is 0. The maximum Gasteiger partial charge on any atom is 0.0235 e. The Morgan fingerprint density at radius 1 is 1.18 bits per heavy atom. The van der Waals surface area contributed by atoms with Gasteiger partial charge in [0.1, 0.15) is 0 Å². The van der Waals surface area contributed by atoms with Crippen LogP contribution in [0.4, 0.5) is 0 Å². The lowest BCUT2D eigenvalue weighted by molar-refractivity contribution is 0.150. The molecule has 0 bridgehead atoms. The first-order valence-electron chi connectivity index (χ1n) is 7.41. The first kappa shape index (κ1) is 13.3. The number of hydrogen-bond donors (Lipinski definition) is 1. The summed E-state index contributed by atoms with van der Waals surface area (Å²) in [6.07, 6.45) is 5.06. The minimum Gasteiger partial charge on any atom is -0.328 e. The van der Waals surface area contributed by atoms with Crippen LogP contribution in [0.2, 0.25) is 0 Å². The quantitative estimate of drug-likeness (QED) is 0.807. The maximum atomic E-state index is 5.97. The molecule has 0 aromatic rings. The van der Waals surface area contributed by atoms with Crippen LogP contribution in [0.25, 0.3) is 0 Å². The van der Waals surface area contributed by atoms with E-state index in [0.29, 0.717) is 6.04 Å². The first-order valence-corrected chi connectivity index (χ1v) is 7.41. The van der Waals surface area contributed by atoms with Gasteiger partial charge in [-0.25, -0.2) is 0 Å². The van der Waals surface area contributed by atoms with Crippen LogP contribution in [0.1, 0.15) is 39.5 Å². The van der Waals surface area contributed by atoms with Gasteiger partial charge in [-0.15, -0.1) is 0 Å². The second kappa shape index (κ2) is 6.17. The highest BCUT2D eigenvalue weighted by Gasteiger charge is 2.29. The molecule has 17 heavy (non-hydrogen) atoms. The molecule has 2 fully saturated rings. The fourth-order valence-corrected chi connectivity index (χ4v) is 3.13.